The molecule has 7 heteroatoms. The second-order valence-electron chi connectivity index (χ2n) is 4.92. The van der Waals surface area contributed by atoms with Gasteiger partial charge in [-0.25, -0.2) is 0 Å². The molecule has 2 aromatic rings. The number of hydrogen-bond donors (Lipinski definition) is 0. The molecule has 0 aliphatic heterocycles. The van der Waals surface area contributed by atoms with Crippen LogP contribution in [0.15, 0.2) is 42.5 Å². The van der Waals surface area contributed by atoms with Gasteiger partial charge in [0.05, 0.1) is 26.3 Å². The summed E-state index contributed by atoms with van der Waals surface area (Å²) in [5.74, 6) is -0.189. The van der Waals surface area contributed by atoms with Crippen LogP contribution in [0.2, 0.25) is 0 Å². The molecule has 0 aliphatic carbocycles. The highest BCUT2D eigenvalue weighted by Crippen LogP contribution is 2.34. The quantitative estimate of drug-likeness (QED) is 0.459. The molecule has 0 unspecified atom stereocenters. The number of benzene rings is 2. The van der Waals surface area contributed by atoms with Gasteiger partial charge in [-0.3, -0.25) is 14.9 Å². The summed E-state index contributed by atoms with van der Waals surface area (Å²) >= 11 is 0. The minimum atomic E-state index is -0.726. The fourth-order valence-electron chi connectivity index (χ4n) is 2.40. The zero-order valence-electron chi connectivity index (χ0n) is 13.5. The van der Waals surface area contributed by atoms with E-state index in [1.54, 1.807) is 18.2 Å². The number of ether oxygens (including phenoxy) is 3. The Hall–Kier alpha value is -3.09. The predicted molar refractivity (Wildman–Crippen MR) is 86.5 cm³/mol. The van der Waals surface area contributed by atoms with Gasteiger partial charge in [0.2, 0.25) is 0 Å². The van der Waals surface area contributed by atoms with Crippen LogP contribution >= 0.6 is 0 Å². The number of methoxy groups -OCH3 is 3. The average molecular weight is 331 g/mol. The number of non-ortho nitro benzene ring substituents is 1. The fraction of sp³-hybridized carbons (Fsp3) is 0.235. The second-order valence-corrected chi connectivity index (χ2v) is 4.92. The van der Waals surface area contributed by atoms with Gasteiger partial charge in [0.1, 0.15) is 5.92 Å². The SMILES string of the molecule is COC(=O)[C@@H](c1ccc([N+](=O)[O-])cc1)c1ccc(OC)c(OC)c1. The number of rotatable bonds is 6. The van der Waals surface area contributed by atoms with Crippen LogP contribution in [-0.4, -0.2) is 32.2 Å². The lowest BCUT2D eigenvalue weighted by atomic mass is 9.91. The number of nitro benzene ring substituents is 1. The molecule has 0 aliphatic rings. The van der Waals surface area contributed by atoms with Crippen molar-refractivity contribution in [1.29, 1.82) is 0 Å². The minimum absolute atomic E-state index is 0.0466. The first-order valence-electron chi connectivity index (χ1n) is 7.06. The summed E-state index contributed by atoms with van der Waals surface area (Å²) < 4.78 is 15.3. The fourth-order valence-corrected chi connectivity index (χ4v) is 2.40. The number of esters is 1. The Morgan fingerprint density at radius 2 is 1.54 bits per heavy atom. The number of carbonyl (C=O) groups excluding carboxylic acids is 1. The topological polar surface area (TPSA) is 87.9 Å². The van der Waals surface area contributed by atoms with Gasteiger partial charge in [0.25, 0.3) is 5.69 Å². The number of nitrogens with zero attached hydrogens (tertiary/aromatic N) is 1. The Labute approximate surface area is 138 Å². The molecule has 0 amide bonds. The molecule has 0 saturated carbocycles. The maximum absolute atomic E-state index is 12.3. The van der Waals surface area contributed by atoms with Gasteiger partial charge in [-0.05, 0) is 23.3 Å². The lowest BCUT2D eigenvalue weighted by Gasteiger charge is -2.17. The Morgan fingerprint density at radius 3 is 2.04 bits per heavy atom. The van der Waals surface area contributed by atoms with Crippen LogP contribution in [-0.2, 0) is 9.53 Å². The Bertz CT molecular complexity index is 741. The summed E-state index contributed by atoms with van der Waals surface area (Å²) in [6, 6.07) is 10.9. The van der Waals surface area contributed by atoms with Crippen LogP contribution in [0, 0.1) is 10.1 Å². The number of carbonyl (C=O) groups is 1. The van der Waals surface area contributed by atoms with Crippen LogP contribution in [0.5, 0.6) is 11.5 Å². The molecule has 0 radical (unpaired) electrons. The molecular weight excluding hydrogens is 314 g/mol. The molecule has 0 saturated heterocycles. The third-order valence-corrected chi connectivity index (χ3v) is 3.62. The third-order valence-electron chi connectivity index (χ3n) is 3.62. The van der Waals surface area contributed by atoms with Crippen molar-refractivity contribution in [2.45, 2.75) is 5.92 Å². The smallest absolute Gasteiger partial charge is 0.317 e. The highest BCUT2D eigenvalue weighted by atomic mass is 16.6. The summed E-state index contributed by atoms with van der Waals surface area (Å²) in [5.41, 5.74) is 1.17. The van der Waals surface area contributed by atoms with Crippen molar-refractivity contribution in [1.82, 2.24) is 0 Å². The van der Waals surface area contributed by atoms with Crippen molar-refractivity contribution >= 4 is 11.7 Å². The summed E-state index contributed by atoms with van der Waals surface area (Å²) in [6.07, 6.45) is 0. The predicted octanol–water partition coefficient (Wildman–Crippen LogP) is 2.92. The van der Waals surface area contributed by atoms with E-state index in [0.717, 1.165) is 0 Å². The maximum Gasteiger partial charge on any atom is 0.317 e. The number of nitro groups is 1. The number of hydrogen-bond acceptors (Lipinski definition) is 6. The van der Waals surface area contributed by atoms with Gasteiger partial charge in [-0.15, -0.1) is 0 Å². The maximum atomic E-state index is 12.3. The highest BCUT2D eigenvalue weighted by Gasteiger charge is 2.25. The van der Waals surface area contributed by atoms with E-state index in [1.165, 1.54) is 45.6 Å². The van der Waals surface area contributed by atoms with Crippen molar-refractivity contribution in [2.75, 3.05) is 21.3 Å². The molecule has 7 nitrogen and oxygen atoms in total. The normalized spacial score (nSPS) is 11.5. The van der Waals surface area contributed by atoms with Crippen molar-refractivity contribution in [3.63, 3.8) is 0 Å². The van der Waals surface area contributed by atoms with Gasteiger partial charge in [-0.1, -0.05) is 18.2 Å². The molecule has 126 valence electrons. The van der Waals surface area contributed by atoms with Gasteiger partial charge in [-0.2, -0.15) is 0 Å². The van der Waals surface area contributed by atoms with E-state index in [9.17, 15) is 14.9 Å². The van der Waals surface area contributed by atoms with Gasteiger partial charge >= 0.3 is 5.97 Å². The molecule has 2 rings (SSSR count). The molecule has 0 fully saturated rings. The van der Waals surface area contributed by atoms with Gasteiger partial charge in [0.15, 0.2) is 11.5 Å². The summed E-state index contributed by atoms with van der Waals surface area (Å²) in [4.78, 5) is 22.5. The van der Waals surface area contributed by atoms with Gasteiger partial charge in [0, 0.05) is 12.1 Å². The van der Waals surface area contributed by atoms with Crippen LogP contribution in [0.25, 0.3) is 0 Å². The molecule has 0 bridgehead atoms. The van der Waals surface area contributed by atoms with E-state index in [4.69, 9.17) is 14.2 Å². The van der Waals surface area contributed by atoms with E-state index in [2.05, 4.69) is 0 Å². The molecule has 0 heterocycles. The first-order valence-corrected chi connectivity index (χ1v) is 7.06. The van der Waals surface area contributed by atoms with Crippen molar-refractivity contribution < 1.29 is 23.9 Å². The van der Waals surface area contributed by atoms with E-state index in [-0.39, 0.29) is 5.69 Å². The van der Waals surface area contributed by atoms with Crippen molar-refractivity contribution in [2.24, 2.45) is 0 Å². The summed E-state index contributed by atoms with van der Waals surface area (Å²) in [7, 11) is 4.31. The van der Waals surface area contributed by atoms with Gasteiger partial charge < -0.3 is 14.2 Å². The van der Waals surface area contributed by atoms with Crippen LogP contribution in [0.4, 0.5) is 5.69 Å². The molecule has 1 atom stereocenters. The van der Waals surface area contributed by atoms with Crippen LogP contribution < -0.4 is 9.47 Å². The molecular formula is C17H17NO6. The largest absolute Gasteiger partial charge is 0.493 e. The standard InChI is InChI=1S/C17H17NO6/c1-22-14-9-6-12(10-15(14)23-2)16(17(19)24-3)11-4-7-13(8-5-11)18(20)21/h4-10,16H,1-3H3/t16-/m0/s1. The lowest BCUT2D eigenvalue weighted by Crippen LogP contribution is -2.16. The first-order chi connectivity index (χ1) is 11.5. The zero-order chi connectivity index (χ0) is 17.7. The average Bonchev–Trinajstić information content (AvgIpc) is 2.61. The Kier molecular flexibility index (Phi) is 5.36. The Morgan fingerprint density at radius 1 is 0.958 bits per heavy atom. The summed E-state index contributed by atoms with van der Waals surface area (Å²) in [5, 5.41) is 10.8. The monoisotopic (exact) mass is 331 g/mol. The molecule has 0 spiro atoms. The van der Waals surface area contributed by atoms with Crippen molar-refractivity contribution in [3.05, 3.63) is 63.7 Å². The first kappa shape index (κ1) is 17.3. The van der Waals surface area contributed by atoms with E-state index in [1.807, 2.05) is 0 Å². The Balaban J connectivity index is 2.49. The highest BCUT2D eigenvalue weighted by molar-refractivity contribution is 5.82. The summed E-state index contributed by atoms with van der Waals surface area (Å²) in [6.45, 7) is 0. The molecule has 2 aromatic carbocycles. The van der Waals surface area contributed by atoms with E-state index >= 15 is 0 Å². The molecule has 0 N–H and O–H groups in total. The lowest BCUT2D eigenvalue weighted by molar-refractivity contribution is -0.384. The molecule has 24 heavy (non-hydrogen) atoms. The van der Waals surface area contributed by atoms with E-state index < -0.39 is 16.8 Å². The second kappa shape index (κ2) is 7.45. The molecule has 0 aromatic heterocycles. The van der Waals surface area contributed by atoms with Crippen LogP contribution in [0.1, 0.15) is 17.0 Å². The third kappa shape index (κ3) is 3.45. The van der Waals surface area contributed by atoms with E-state index in [0.29, 0.717) is 22.6 Å². The van der Waals surface area contributed by atoms with Crippen LogP contribution in [0.3, 0.4) is 0 Å². The van der Waals surface area contributed by atoms with Crippen molar-refractivity contribution in [3.8, 4) is 11.5 Å². The minimum Gasteiger partial charge on any atom is -0.493 e. The zero-order valence-corrected chi connectivity index (χ0v) is 13.5.